The Balaban J connectivity index is 2.09. The Kier molecular flexibility index (Phi) is 5.99. The lowest BCUT2D eigenvalue weighted by molar-refractivity contribution is 0.300. The molecular formula is C17H21IN2O. The van der Waals surface area contributed by atoms with Gasteiger partial charge in [-0.2, -0.15) is 0 Å². The van der Waals surface area contributed by atoms with Crippen molar-refractivity contribution in [1.29, 1.82) is 0 Å². The van der Waals surface area contributed by atoms with E-state index in [0.29, 0.717) is 6.61 Å². The molecule has 0 aliphatic heterocycles. The molecule has 0 radical (unpaired) electrons. The minimum absolute atomic E-state index is 0.125. The van der Waals surface area contributed by atoms with Crippen LogP contribution in [0.15, 0.2) is 36.4 Å². The van der Waals surface area contributed by atoms with E-state index in [-0.39, 0.29) is 6.04 Å². The molecule has 4 heteroatoms. The van der Waals surface area contributed by atoms with Gasteiger partial charge in [-0.25, -0.2) is 0 Å². The lowest BCUT2D eigenvalue weighted by Crippen LogP contribution is -2.22. The molecule has 0 fully saturated rings. The van der Waals surface area contributed by atoms with Gasteiger partial charge >= 0.3 is 0 Å². The summed E-state index contributed by atoms with van der Waals surface area (Å²) in [6.45, 7) is 4.63. The van der Waals surface area contributed by atoms with Crippen LogP contribution in [-0.2, 0) is 13.0 Å². The van der Waals surface area contributed by atoms with Crippen molar-refractivity contribution in [1.82, 2.24) is 4.98 Å². The molecule has 0 saturated carbocycles. The molecule has 1 aromatic carbocycles. The normalized spacial score (nSPS) is 12.2. The van der Waals surface area contributed by atoms with Gasteiger partial charge in [0.05, 0.1) is 5.69 Å². The van der Waals surface area contributed by atoms with Gasteiger partial charge in [-0.05, 0) is 65.8 Å². The van der Waals surface area contributed by atoms with E-state index in [1.807, 2.05) is 19.1 Å². The Morgan fingerprint density at radius 1 is 1.19 bits per heavy atom. The second-order valence-corrected chi connectivity index (χ2v) is 6.43. The van der Waals surface area contributed by atoms with Crippen LogP contribution in [0.1, 0.15) is 30.3 Å². The van der Waals surface area contributed by atoms with Crippen molar-refractivity contribution in [3.05, 3.63) is 56.9 Å². The molecule has 1 unspecified atom stereocenters. The van der Waals surface area contributed by atoms with Crippen molar-refractivity contribution in [2.24, 2.45) is 5.73 Å². The van der Waals surface area contributed by atoms with Gasteiger partial charge in [-0.1, -0.05) is 19.1 Å². The summed E-state index contributed by atoms with van der Waals surface area (Å²) in [6, 6.07) is 12.4. The smallest absolute Gasteiger partial charge is 0.141 e. The molecule has 3 nitrogen and oxygen atoms in total. The number of hydrogen-bond donors (Lipinski definition) is 1. The van der Waals surface area contributed by atoms with Crippen LogP contribution < -0.4 is 10.5 Å². The summed E-state index contributed by atoms with van der Waals surface area (Å²) in [5, 5.41) is 0. The fourth-order valence-corrected chi connectivity index (χ4v) is 2.37. The Hall–Kier alpha value is -1.14. The maximum atomic E-state index is 6.05. The Morgan fingerprint density at radius 2 is 1.90 bits per heavy atom. The van der Waals surface area contributed by atoms with Crippen LogP contribution in [0.25, 0.3) is 0 Å². The van der Waals surface area contributed by atoms with Crippen LogP contribution in [0.2, 0.25) is 0 Å². The maximum absolute atomic E-state index is 6.05. The number of nitrogens with two attached hydrogens (primary N) is 1. The van der Waals surface area contributed by atoms with E-state index >= 15 is 0 Å². The molecule has 0 saturated heterocycles. The summed E-state index contributed by atoms with van der Waals surface area (Å²) in [6.07, 6.45) is 1.69. The number of ether oxygens (including phenoxy) is 1. The number of rotatable bonds is 6. The first kappa shape index (κ1) is 16.2. The van der Waals surface area contributed by atoms with Gasteiger partial charge in [0, 0.05) is 21.7 Å². The highest BCUT2D eigenvalue weighted by Crippen LogP contribution is 2.20. The van der Waals surface area contributed by atoms with Gasteiger partial charge < -0.3 is 10.5 Å². The monoisotopic (exact) mass is 396 g/mol. The van der Waals surface area contributed by atoms with Crippen molar-refractivity contribution in [2.75, 3.05) is 0 Å². The molecule has 21 heavy (non-hydrogen) atoms. The Bertz CT molecular complexity index is 584. The van der Waals surface area contributed by atoms with E-state index in [0.717, 1.165) is 35.5 Å². The molecule has 0 bridgehead atoms. The van der Waals surface area contributed by atoms with Gasteiger partial charge in [-0.15, -0.1) is 0 Å². The molecular weight excluding hydrogens is 375 g/mol. The second-order valence-electron chi connectivity index (χ2n) is 5.19. The van der Waals surface area contributed by atoms with E-state index in [1.165, 1.54) is 3.57 Å². The van der Waals surface area contributed by atoms with Crippen LogP contribution in [0.3, 0.4) is 0 Å². The maximum Gasteiger partial charge on any atom is 0.141 e. The predicted octanol–water partition coefficient (Wildman–Crippen LogP) is 3.85. The summed E-state index contributed by atoms with van der Waals surface area (Å²) < 4.78 is 7.17. The molecule has 112 valence electrons. The predicted molar refractivity (Wildman–Crippen MR) is 94.4 cm³/mol. The molecule has 0 spiro atoms. The zero-order valence-corrected chi connectivity index (χ0v) is 14.6. The summed E-state index contributed by atoms with van der Waals surface area (Å²) in [5.74, 6) is 0.836. The van der Waals surface area contributed by atoms with Crippen LogP contribution in [0.5, 0.6) is 5.75 Å². The molecule has 1 atom stereocenters. The molecule has 0 aliphatic carbocycles. The topological polar surface area (TPSA) is 48.1 Å². The van der Waals surface area contributed by atoms with E-state index in [4.69, 9.17) is 10.5 Å². The standard InChI is InChI=1S/C17H21IN2O/c1-3-15(19)10-16-17(9-4-12(2)20-16)21-11-13-5-7-14(18)8-6-13/h4-9,15H,3,10-11,19H2,1-2H3. The zero-order chi connectivity index (χ0) is 15.2. The zero-order valence-electron chi connectivity index (χ0n) is 12.5. The van der Waals surface area contributed by atoms with Gasteiger partial charge in [0.25, 0.3) is 0 Å². The Morgan fingerprint density at radius 3 is 2.57 bits per heavy atom. The number of aromatic nitrogens is 1. The highest BCUT2D eigenvalue weighted by atomic mass is 127. The molecule has 1 heterocycles. The average molecular weight is 396 g/mol. The van der Waals surface area contributed by atoms with E-state index in [2.05, 4.69) is 58.8 Å². The van der Waals surface area contributed by atoms with Crippen LogP contribution >= 0.6 is 22.6 Å². The Labute approximate surface area is 140 Å². The third kappa shape index (κ3) is 4.97. The first-order valence-corrected chi connectivity index (χ1v) is 8.25. The van der Waals surface area contributed by atoms with Crippen molar-refractivity contribution < 1.29 is 4.74 Å². The number of nitrogens with zero attached hydrogens (tertiary/aromatic N) is 1. The first-order chi connectivity index (χ1) is 10.1. The minimum atomic E-state index is 0.125. The number of aryl methyl sites for hydroxylation is 1. The quantitative estimate of drug-likeness (QED) is 0.755. The molecule has 0 aliphatic rings. The largest absolute Gasteiger partial charge is 0.487 e. The van der Waals surface area contributed by atoms with Crippen molar-refractivity contribution >= 4 is 22.6 Å². The van der Waals surface area contributed by atoms with Gasteiger partial charge in [0.15, 0.2) is 0 Å². The van der Waals surface area contributed by atoms with Crippen LogP contribution in [0, 0.1) is 10.5 Å². The summed E-state index contributed by atoms with van der Waals surface area (Å²) in [7, 11) is 0. The summed E-state index contributed by atoms with van der Waals surface area (Å²) in [4.78, 5) is 4.58. The summed E-state index contributed by atoms with van der Waals surface area (Å²) in [5.41, 5.74) is 9.15. The summed E-state index contributed by atoms with van der Waals surface area (Å²) >= 11 is 2.30. The van der Waals surface area contributed by atoms with Gasteiger partial charge in [-0.3, -0.25) is 4.98 Å². The van der Waals surface area contributed by atoms with Crippen molar-refractivity contribution in [2.45, 2.75) is 39.3 Å². The van der Waals surface area contributed by atoms with E-state index < -0.39 is 0 Å². The first-order valence-electron chi connectivity index (χ1n) is 7.18. The highest BCUT2D eigenvalue weighted by Gasteiger charge is 2.10. The third-order valence-corrected chi connectivity index (χ3v) is 4.08. The number of halogens is 1. The molecule has 1 aromatic heterocycles. The van der Waals surface area contributed by atoms with E-state index in [9.17, 15) is 0 Å². The minimum Gasteiger partial charge on any atom is -0.487 e. The number of benzene rings is 1. The van der Waals surface area contributed by atoms with Gasteiger partial charge in [0.2, 0.25) is 0 Å². The lowest BCUT2D eigenvalue weighted by Gasteiger charge is -2.14. The number of pyridine rings is 1. The lowest BCUT2D eigenvalue weighted by atomic mass is 10.1. The van der Waals surface area contributed by atoms with Crippen molar-refractivity contribution in [3.63, 3.8) is 0 Å². The molecule has 0 amide bonds. The van der Waals surface area contributed by atoms with Crippen LogP contribution in [0.4, 0.5) is 0 Å². The average Bonchev–Trinajstić information content (AvgIpc) is 2.48. The number of hydrogen-bond acceptors (Lipinski definition) is 3. The molecule has 2 N–H and O–H groups in total. The SMILES string of the molecule is CCC(N)Cc1nc(C)ccc1OCc1ccc(I)cc1. The molecule has 2 rings (SSSR count). The van der Waals surface area contributed by atoms with E-state index in [1.54, 1.807) is 0 Å². The molecule has 2 aromatic rings. The van der Waals surface area contributed by atoms with Gasteiger partial charge in [0.1, 0.15) is 12.4 Å². The van der Waals surface area contributed by atoms with Crippen molar-refractivity contribution in [3.8, 4) is 5.75 Å². The third-order valence-electron chi connectivity index (χ3n) is 3.36. The fraction of sp³-hybridized carbons (Fsp3) is 0.353. The van der Waals surface area contributed by atoms with Crippen LogP contribution in [-0.4, -0.2) is 11.0 Å². The fourth-order valence-electron chi connectivity index (χ4n) is 2.01. The highest BCUT2D eigenvalue weighted by molar-refractivity contribution is 14.1. The second kappa shape index (κ2) is 7.75.